The molecule has 0 spiro atoms. The van der Waals surface area contributed by atoms with E-state index < -0.39 is 29.9 Å². The lowest BCUT2D eigenvalue weighted by Gasteiger charge is -2.27. The first-order valence-corrected chi connectivity index (χ1v) is 8.35. The second-order valence-electron chi connectivity index (χ2n) is 6.97. The molecule has 140 valence electrons. The SMILES string of the molecule is C=CC(=O)NC(O)[C@H](Cc1c[nH]c2ccccc12)NC(=O)OC(C)(C)C. The fourth-order valence-electron chi connectivity index (χ4n) is 2.54. The Morgan fingerprint density at radius 2 is 2.00 bits per heavy atom. The van der Waals surface area contributed by atoms with E-state index in [0.717, 1.165) is 22.5 Å². The van der Waals surface area contributed by atoms with Crippen molar-refractivity contribution in [2.75, 3.05) is 0 Å². The summed E-state index contributed by atoms with van der Waals surface area (Å²) in [5.74, 6) is -0.535. The van der Waals surface area contributed by atoms with Crippen LogP contribution < -0.4 is 10.6 Å². The highest BCUT2D eigenvalue weighted by molar-refractivity contribution is 5.87. The molecule has 0 aliphatic rings. The highest BCUT2D eigenvalue weighted by atomic mass is 16.6. The smallest absolute Gasteiger partial charge is 0.408 e. The number of hydrogen-bond donors (Lipinski definition) is 4. The molecule has 1 aromatic heterocycles. The topological polar surface area (TPSA) is 103 Å². The zero-order chi connectivity index (χ0) is 19.3. The summed E-state index contributed by atoms with van der Waals surface area (Å²) in [5, 5.41) is 16.4. The van der Waals surface area contributed by atoms with Gasteiger partial charge >= 0.3 is 6.09 Å². The van der Waals surface area contributed by atoms with Crippen LogP contribution in [0.25, 0.3) is 10.9 Å². The molecule has 2 amide bonds. The van der Waals surface area contributed by atoms with Crippen molar-refractivity contribution in [3.63, 3.8) is 0 Å². The Hall–Kier alpha value is -2.80. The number of rotatable bonds is 6. The zero-order valence-corrected chi connectivity index (χ0v) is 15.2. The van der Waals surface area contributed by atoms with Crippen molar-refractivity contribution in [2.24, 2.45) is 0 Å². The number of carbonyl (C=O) groups is 2. The monoisotopic (exact) mass is 359 g/mol. The molecule has 0 aliphatic carbocycles. The number of fused-ring (bicyclic) bond motifs is 1. The van der Waals surface area contributed by atoms with Crippen molar-refractivity contribution >= 4 is 22.9 Å². The molecule has 2 aromatic rings. The second-order valence-corrected chi connectivity index (χ2v) is 6.97. The van der Waals surface area contributed by atoms with Gasteiger partial charge in [0.05, 0.1) is 6.04 Å². The number of aliphatic hydroxyl groups excluding tert-OH is 1. The van der Waals surface area contributed by atoms with Crippen LogP contribution in [0.15, 0.2) is 43.1 Å². The number of carbonyl (C=O) groups excluding carboxylic acids is 2. The molecule has 4 N–H and O–H groups in total. The Morgan fingerprint density at radius 1 is 1.31 bits per heavy atom. The first-order valence-electron chi connectivity index (χ1n) is 8.35. The maximum absolute atomic E-state index is 12.1. The van der Waals surface area contributed by atoms with Gasteiger partial charge in [0.15, 0.2) is 0 Å². The number of ether oxygens (including phenoxy) is 1. The van der Waals surface area contributed by atoms with E-state index in [2.05, 4.69) is 22.2 Å². The first kappa shape index (κ1) is 19.5. The molecule has 2 rings (SSSR count). The number of aromatic amines is 1. The summed E-state index contributed by atoms with van der Waals surface area (Å²) in [6, 6.07) is 6.92. The van der Waals surface area contributed by atoms with Crippen LogP contribution in [0.1, 0.15) is 26.3 Å². The average Bonchev–Trinajstić information content (AvgIpc) is 2.95. The van der Waals surface area contributed by atoms with Crippen LogP contribution in [0.3, 0.4) is 0 Å². The summed E-state index contributed by atoms with van der Waals surface area (Å²) < 4.78 is 5.25. The summed E-state index contributed by atoms with van der Waals surface area (Å²) >= 11 is 0. The quantitative estimate of drug-likeness (QED) is 0.469. The molecule has 1 aromatic carbocycles. The van der Waals surface area contributed by atoms with Gasteiger partial charge in [-0.15, -0.1) is 0 Å². The molecule has 7 nitrogen and oxygen atoms in total. The number of benzene rings is 1. The predicted molar refractivity (Wildman–Crippen MR) is 99.5 cm³/mol. The van der Waals surface area contributed by atoms with Crippen LogP contribution in [0.2, 0.25) is 0 Å². The number of hydrogen-bond acceptors (Lipinski definition) is 4. The number of nitrogens with one attached hydrogen (secondary N) is 3. The Labute approximate surface area is 152 Å². The van der Waals surface area contributed by atoms with Gasteiger partial charge in [0.25, 0.3) is 0 Å². The van der Waals surface area contributed by atoms with E-state index >= 15 is 0 Å². The number of aromatic nitrogens is 1. The molecule has 0 fully saturated rings. The number of alkyl carbamates (subject to hydrolysis) is 1. The van der Waals surface area contributed by atoms with E-state index in [9.17, 15) is 14.7 Å². The van der Waals surface area contributed by atoms with Crippen LogP contribution in [-0.4, -0.2) is 40.0 Å². The lowest BCUT2D eigenvalue weighted by atomic mass is 10.0. The number of aliphatic hydroxyl groups is 1. The van der Waals surface area contributed by atoms with Gasteiger partial charge < -0.3 is 25.5 Å². The summed E-state index contributed by atoms with van der Waals surface area (Å²) in [7, 11) is 0. The minimum absolute atomic E-state index is 0.293. The fourth-order valence-corrected chi connectivity index (χ4v) is 2.54. The van der Waals surface area contributed by atoms with Crippen molar-refractivity contribution in [2.45, 2.75) is 45.1 Å². The Balaban J connectivity index is 2.20. The highest BCUT2D eigenvalue weighted by Crippen LogP contribution is 2.20. The average molecular weight is 359 g/mol. The van der Waals surface area contributed by atoms with Gasteiger partial charge in [0.1, 0.15) is 11.8 Å². The van der Waals surface area contributed by atoms with E-state index in [1.165, 1.54) is 0 Å². The number of para-hydroxylation sites is 1. The molecule has 7 heteroatoms. The minimum Gasteiger partial charge on any atom is -0.444 e. The van der Waals surface area contributed by atoms with E-state index in [0.29, 0.717) is 6.42 Å². The molecule has 0 saturated carbocycles. The number of amides is 2. The van der Waals surface area contributed by atoms with Crippen molar-refractivity contribution < 1.29 is 19.4 Å². The largest absolute Gasteiger partial charge is 0.444 e. The Morgan fingerprint density at radius 3 is 2.65 bits per heavy atom. The molecule has 26 heavy (non-hydrogen) atoms. The number of H-pyrrole nitrogens is 1. The lowest BCUT2D eigenvalue weighted by molar-refractivity contribution is -0.119. The summed E-state index contributed by atoms with van der Waals surface area (Å²) in [6.07, 6.45) is 1.19. The highest BCUT2D eigenvalue weighted by Gasteiger charge is 2.26. The van der Waals surface area contributed by atoms with E-state index in [1.54, 1.807) is 20.8 Å². The van der Waals surface area contributed by atoms with Crippen LogP contribution in [0.5, 0.6) is 0 Å². The van der Waals surface area contributed by atoms with Crippen LogP contribution in [-0.2, 0) is 16.0 Å². The van der Waals surface area contributed by atoms with Crippen molar-refractivity contribution in [1.29, 1.82) is 0 Å². The second kappa shape index (κ2) is 8.05. The van der Waals surface area contributed by atoms with Gasteiger partial charge in [-0.1, -0.05) is 24.8 Å². The van der Waals surface area contributed by atoms with Crippen LogP contribution >= 0.6 is 0 Å². The molecule has 0 radical (unpaired) electrons. The molecule has 2 atom stereocenters. The van der Waals surface area contributed by atoms with Crippen molar-refractivity contribution in [1.82, 2.24) is 15.6 Å². The third kappa shape index (κ3) is 5.35. The van der Waals surface area contributed by atoms with E-state index in [1.807, 2.05) is 30.5 Å². The van der Waals surface area contributed by atoms with Gasteiger partial charge in [-0.2, -0.15) is 0 Å². The molecule has 1 heterocycles. The summed E-state index contributed by atoms with van der Waals surface area (Å²) in [6.45, 7) is 8.60. The minimum atomic E-state index is -1.30. The summed E-state index contributed by atoms with van der Waals surface area (Å²) in [4.78, 5) is 26.8. The standard InChI is InChI=1S/C19H25N3O4/c1-5-16(23)22-17(24)15(21-18(25)26-19(2,3)4)10-12-11-20-14-9-7-6-8-13(12)14/h5-9,11,15,17,20,24H,1,10H2,2-4H3,(H,21,25)(H,22,23)/t15-,17?/m0/s1. The maximum atomic E-state index is 12.1. The van der Waals surface area contributed by atoms with E-state index in [-0.39, 0.29) is 0 Å². The van der Waals surface area contributed by atoms with Crippen LogP contribution in [0, 0.1) is 0 Å². The van der Waals surface area contributed by atoms with Gasteiger partial charge in [0.2, 0.25) is 5.91 Å². The zero-order valence-electron chi connectivity index (χ0n) is 15.2. The molecular weight excluding hydrogens is 334 g/mol. The molecule has 1 unspecified atom stereocenters. The van der Waals surface area contributed by atoms with Gasteiger partial charge in [-0.3, -0.25) is 4.79 Å². The van der Waals surface area contributed by atoms with Gasteiger partial charge in [0, 0.05) is 17.1 Å². The maximum Gasteiger partial charge on any atom is 0.408 e. The summed E-state index contributed by atoms with van der Waals surface area (Å²) in [5.41, 5.74) is 1.17. The predicted octanol–water partition coefficient (Wildman–Crippen LogP) is 2.22. The molecule has 0 aliphatic heterocycles. The molecule has 0 saturated heterocycles. The third-order valence-electron chi connectivity index (χ3n) is 3.67. The lowest BCUT2D eigenvalue weighted by Crippen LogP contribution is -2.53. The Bertz CT molecular complexity index is 791. The van der Waals surface area contributed by atoms with Crippen molar-refractivity contribution in [3.05, 3.63) is 48.7 Å². The third-order valence-corrected chi connectivity index (χ3v) is 3.67. The van der Waals surface area contributed by atoms with Gasteiger partial charge in [-0.25, -0.2) is 4.79 Å². The normalized spacial score (nSPS) is 13.7. The molecular formula is C19H25N3O4. The first-order chi connectivity index (χ1) is 12.2. The van der Waals surface area contributed by atoms with Crippen molar-refractivity contribution in [3.8, 4) is 0 Å². The Kier molecular flexibility index (Phi) is 6.05. The molecule has 0 bridgehead atoms. The van der Waals surface area contributed by atoms with E-state index in [4.69, 9.17) is 4.74 Å². The van der Waals surface area contributed by atoms with Gasteiger partial charge in [-0.05, 0) is 44.9 Å². The van der Waals surface area contributed by atoms with Crippen LogP contribution in [0.4, 0.5) is 4.79 Å². The fraction of sp³-hybridized carbons (Fsp3) is 0.368.